The number of carbonyl (C=O) groups excluding carboxylic acids is 1. The summed E-state index contributed by atoms with van der Waals surface area (Å²) in [6, 6.07) is 0. The van der Waals surface area contributed by atoms with Crippen LogP contribution in [0.4, 0.5) is 0 Å². The van der Waals surface area contributed by atoms with E-state index in [1.807, 2.05) is 13.8 Å². The summed E-state index contributed by atoms with van der Waals surface area (Å²) in [5.74, 6) is 1.09. The van der Waals surface area contributed by atoms with E-state index in [1.165, 1.54) is 12.7 Å². The quantitative estimate of drug-likeness (QED) is 0.771. The second-order valence-electron chi connectivity index (χ2n) is 7.15. The van der Waals surface area contributed by atoms with E-state index in [9.17, 15) is 4.79 Å². The first-order valence-electron chi connectivity index (χ1n) is 7.87. The molecule has 22 heavy (non-hydrogen) atoms. The van der Waals surface area contributed by atoms with Crippen molar-refractivity contribution < 1.29 is 9.53 Å². The molecule has 0 amide bonds. The number of aryl methyl sites for hydroxylation is 2. The van der Waals surface area contributed by atoms with Gasteiger partial charge in [0.15, 0.2) is 5.82 Å². The molecule has 1 aromatic heterocycles. The van der Waals surface area contributed by atoms with Crippen LogP contribution in [0.2, 0.25) is 0 Å². The van der Waals surface area contributed by atoms with Crippen molar-refractivity contribution >= 4 is 11.5 Å². The summed E-state index contributed by atoms with van der Waals surface area (Å²) in [7, 11) is 1.38. The molecule has 1 aliphatic rings. The number of ether oxygens (including phenoxy) is 1. The van der Waals surface area contributed by atoms with Gasteiger partial charge in [0, 0.05) is 0 Å². The summed E-state index contributed by atoms with van der Waals surface area (Å²) in [4.78, 5) is 20.8. The number of nitrogens with zero attached hydrogens (tertiary/aromatic N) is 2. The van der Waals surface area contributed by atoms with E-state index < -0.39 is 0 Å². The van der Waals surface area contributed by atoms with E-state index >= 15 is 0 Å². The zero-order valence-electron chi connectivity index (χ0n) is 14.5. The van der Waals surface area contributed by atoms with Gasteiger partial charge in [-0.3, -0.25) is 0 Å². The fraction of sp³-hybridized carbons (Fsp3) is 0.611. The molecule has 0 aromatic carbocycles. The van der Waals surface area contributed by atoms with Crippen LogP contribution in [0.15, 0.2) is 6.08 Å². The minimum absolute atomic E-state index is 0.337. The molecule has 0 bridgehead atoms. The molecule has 1 heterocycles. The molecule has 0 spiro atoms. The Morgan fingerprint density at radius 1 is 1.23 bits per heavy atom. The lowest BCUT2D eigenvalue weighted by atomic mass is 9.73. The molecule has 120 valence electrons. The van der Waals surface area contributed by atoms with Crippen molar-refractivity contribution in [3.05, 3.63) is 28.9 Å². The van der Waals surface area contributed by atoms with Gasteiger partial charge in [0.1, 0.15) is 5.56 Å². The summed E-state index contributed by atoms with van der Waals surface area (Å²) in [6.07, 6.45) is 5.50. The molecular formula is C18H26N2O2. The van der Waals surface area contributed by atoms with Crippen molar-refractivity contribution in [3.8, 4) is 0 Å². The molecule has 0 saturated carbocycles. The first-order chi connectivity index (χ1) is 10.2. The number of rotatable bonds is 2. The number of hydrogen-bond acceptors (Lipinski definition) is 4. The summed E-state index contributed by atoms with van der Waals surface area (Å²) in [5, 5.41) is 0. The molecule has 1 aromatic rings. The molecule has 0 N–H and O–H groups in total. The van der Waals surface area contributed by atoms with Gasteiger partial charge in [-0.1, -0.05) is 26.8 Å². The van der Waals surface area contributed by atoms with Gasteiger partial charge < -0.3 is 4.74 Å². The van der Waals surface area contributed by atoms with Crippen molar-refractivity contribution in [1.29, 1.82) is 0 Å². The molecule has 0 fully saturated rings. The molecule has 1 atom stereocenters. The normalized spacial score (nSPS) is 18.8. The highest BCUT2D eigenvalue weighted by atomic mass is 16.5. The van der Waals surface area contributed by atoms with Gasteiger partial charge in [-0.05, 0) is 50.0 Å². The van der Waals surface area contributed by atoms with E-state index in [-0.39, 0.29) is 5.97 Å². The van der Waals surface area contributed by atoms with E-state index in [0.717, 1.165) is 25.1 Å². The average Bonchev–Trinajstić information content (AvgIpc) is 2.45. The number of carbonyl (C=O) groups is 1. The molecular weight excluding hydrogens is 276 g/mol. The molecule has 0 saturated heterocycles. The first-order valence-corrected chi connectivity index (χ1v) is 7.87. The van der Waals surface area contributed by atoms with Crippen molar-refractivity contribution in [1.82, 2.24) is 9.97 Å². The molecule has 4 nitrogen and oxygen atoms in total. The van der Waals surface area contributed by atoms with Crippen molar-refractivity contribution in [2.45, 2.75) is 53.9 Å². The Kier molecular flexibility index (Phi) is 4.69. The second kappa shape index (κ2) is 6.19. The summed E-state index contributed by atoms with van der Waals surface area (Å²) in [5.41, 5.74) is 3.39. The minimum Gasteiger partial charge on any atom is -0.465 e. The number of allylic oxidation sites excluding steroid dienone is 2. The van der Waals surface area contributed by atoms with Crippen LogP contribution in [0.5, 0.6) is 0 Å². The predicted molar refractivity (Wildman–Crippen MR) is 87.6 cm³/mol. The Bertz CT molecular complexity index is 589. The monoisotopic (exact) mass is 302 g/mol. The first kappa shape index (κ1) is 16.7. The molecule has 2 rings (SSSR count). The lowest BCUT2D eigenvalue weighted by molar-refractivity contribution is 0.0598. The minimum atomic E-state index is -0.369. The van der Waals surface area contributed by atoms with E-state index in [0.29, 0.717) is 28.3 Å². The van der Waals surface area contributed by atoms with Crippen LogP contribution in [0.1, 0.15) is 67.6 Å². The van der Waals surface area contributed by atoms with Gasteiger partial charge >= 0.3 is 5.97 Å². The van der Waals surface area contributed by atoms with E-state index in [2.05, 4.69) is 36.8 Å². The number of methoxy groups -OCH3 is 1. The zero-order valence-corrected chi connectivity index (χ0v) is 14.5. The van der Waals surface area contributed by atoms with Gasteiger partial charge in [-0.25, -0.2) is 14.8 Å². The SMILES string of the molecule is COC(=O)c1c(C)nc(C2=CCC(C(C)(C)C)CC2)nc1C. The Labute approximate surface area is 133 Å². The van der Waals surface area contributed by atoms with Crippen LogP contribution >= 0.6 is 0 Å². The Hall–Kier alpha value is -1.71. The Morgan fingerprint density at radius 2 is 1.82 bits per heavy atom. The highest BCUT2D eigenvalue weighted by Gasteiger charge is 2.27. The maximum atomic E-state index is 11.8. The van der Waals surface area contributed by atoms with Gasteiger partial charge in [-0.15, -0.1) is 0 Å². The number of aromatic nitrogens is 2. The Balaban J connectivity index is 2.28. The van der Waals surface area contributed by atoms with E-state index in [4.69, 9.17) is 4.74 Å². The highest BCUT2D eigenvalue weighted by molar-refractivity contribution is 5.91. The fourth-order valence-corrected chi connectivity index (χ4v) is 3.08. The van der Waals surface area contributed by atoms with Crippen LogP contribution in [0, 0.1) is 25.2 Å². The third-order valence-corrected chi connectivity index (χ3v) is 4.58. The second-order valence-corrected chi connectivity index (χ2v) is 7.15. The standard InChI is InChI=1S/C18H26N2O2/c1-11-15(17(21)22-6)12(2)20-16(19-11)13-7-9-14(10-8-13)18(3,4)5/h7,14H,8-10H2,1-6H3. The number of esters is 1. The van der Waals surface area contributed by atoms with Gasteiger partial charge in [0.05, 0.1) is 18.5 Å². The van der Waals surface area contributed by atoms with Gasteiger partial charge in [-0.2, -0.15) is 0 Å². The molecule has 4 heteroatoms. The van der Waals surface area contributed by atoms with Crippen molar-refractivity contribution in [2.75, 3.05) is 7.11 Å². The summed E-state index contributed by atoms with van der Waals surface area (Å²) < 4.78 is 4.80. The number of hydrogen-bond donors (Lipinski definition) is 0. The van der Waals surface area contributed by atoms with Gasteiger partial charge in [0.25, 0.3) is 0 Å². The Morgan fingerprint density at radius 3 is 2.23 bits per heavy atom. The smallest absolute Gasteiger partial charge is 0.341 e. The molecule has 1 aliphatic carbocycles. The third-order valence-electron chi connectivity index (χ3n) is 4.58. The fourth-order valence-electron chi connectivity index (χ4n) is 3.08. The van der Waals surface area contributed by atoms with Crippen LogP contribution < -0.4 is 0 Å². The van der Waals surface area contributed by atoms with Crippen molar-refractivity contribution in [3.63, 3.8) is 0 Å². The summed E-state index contributed by atoms with van der Waals surface area (Å²) in [6.45, 7) is 10.6. The van der Waals surface area contributed by atoms with Crippen LogP contribution in [0.25, 0.3) is 5.57 Å². The maximum absolute atomic E-state index is 11.8. The highest BCUT2D eigenvalue weighted by Crippen LogP contribution is 2.39. The van der Waals surface area contributed by atoms with E-state index in [1.54, 1.807) is 0 Å². The van der Waals surface area contributed by atoms with Crippen LogP contribution in [0.3, 0.4) is 0 Å². The topological polar surface area (TPSA) is 52.1 Å². The third kappa shape index (κ3) is 3.37. The summed E-state index contributed by atoms with van der Waals surface area (Å²) >= 11 is 0. The predicted octanol–water partition coefficient (Wildman–Crippen LogP) is 4.11. The van der Waals surface area contributed by atoms with Gasteiger partial charge in [0.2, 0.25) is 0 Å². The molecule has 0 radical (unpaired) electrons. The van der Waals surface area contributed by atoms with Crippen LogP contribution in [-0.4, -0.2) is 23.0 Å². The lowest BCUT2D eigenvalue weighted by Gasteiger charge is -2.33. The molecule has 1 unspecified atom stereocenters. The molecule has 0 aliphatic heterocycles. The largest absolute Gasteiger partial charge is 0.465 e. The maximum Gasteiger partial charge on any atom is 0.341 e. The lowest BCUT2D eigenvalue weighted by Crippen LogP contribution is -2.22. The van der Waals surface area contributed by atoms with Crippen molar-refractivity contribution in [2.24, 2.45) is 11.3 Å². The average molecular weight is 302 g/mol. The van der Waals surface area contributed by atoms with Crippen LogP contribution in [-0.2, 0) is 4.74 Å². The zero-order chi connectivity index (χ0) is 16.5.